The van der Waals surface area contributed by atoms with Crippen molar-refractivity contribution in [3.8, 4) is 0 Å². The predicted octanol–water partition coefficient (Wildman–Crippen LogP) is 2.32. The van der Waals surface area contributed by atoms with Gasteiger partial charge in [0.15, 0.2) is 0 Å². The summed E-state index contributed by atoms with van der Waals surface area (Å²) in [4.78, 5) is 25.3. The molecule has 29 heavy (non-hydrogen) atoms. The van der Waals surface area contributed by atoms with Crippen LogP contribution >= 0.6 is 24.8 Å². The summed E-state index contributed by atoms with van der Waals surface area (Å²) >= 11 is 0. The molecule has 3 rings (SSSR count). The molecule has 1 amide bonds. The van der Waals surface area contributed by atoms with E-state index in [4.69, 9.17) is 9.52 Å². The Hall–Kier alpha value is -1.87. The third kappa shape index (κ3) is 5.39. The molecule has 0 spiro atoms. The van der Waals surface area contributed by atoms with E-state index >= 15 is 0 Å². The molecule has 0 aromatic carbocycles. The van der Waals surface area contributed by atoms with Crippen LogP contribution in [0.15, 0.2) is 15.3 Å². The van der Waals surface area contributed by atoms with Gasteiger partial charge in [-0.05, 0) is 51.8 Å². The van der Waals surface area contributed by atoms with Crippen molar-refractivity contribution in [2.45, 2.75) is 46.1 Å². The van der Waals surface area contributed by atoms with Crippen molar-refractivity contribution in [1.29, 1.82) is 0 Å². The number of nitrogens with one attached hydrogen (secondary N) is 2. The fraction of sp³-hybridized carbons (Fsp3) is 0.526. The number of halogens is 2. The molecule has 0 aliphatic carbocycles. The first kappa shape index (κ1) is 25.2. The third-order valence-corrected chi connectivity index (χ3v) is 5.03. The van der Waals surface area contributed by atoms with Crippen molar-refractivity contribution in [3.63, 3.8) is 0 Å². The summed E-state index contributed by atoms with van der Waals surface area (Å²) in [6, 6.07) is 1.79. The molecule has 10 heteroatoms. The summed E-state index contributed by atoms with van der Waals surface area (Å²) in [5.41, 5.74) is 1.89. The molecule has 8 nitrogen and oxygen atoms in total. The van der Waals surface area contributed by atoms with Gasteiger partial charge in [-0.15, -0.1) is 24.8 Å². The minimum absolute atomic E-state index is 0. The van der Waals surface area contributed by atoms with Crippen LogP contribution < -0.4 is 16.3 Å². The smallest absolute Gasteiger partial charge is 0.349 e. The van der Waals surface area contributed by atoms with Gasteiger partial charge in [0.1, 0.15) is 11.3 Å². The van der Waals surface area contributed by atoms with Gasteiger partial charge in [0, 0.05) is 12.5 Å². The quantitative estimate of drug-likeness (QED) is 0.649. The molecule has 1 aliphatic heterocycles. The maximum atomic E-state index is 12.7. The summed E-state index contributed by atoms with van der Waals surface area (Å²) in [7, 11) is 0. The van der Waals surface area contributed by atoms with E-state index < -0.39 is 11.5 Å². The van der Waals surface area contributed by atoms with E-state index in [0.29, 0.717) is 29.2 Å². The van der Waals surface area contributed by atoms with E-state index in [-0.39, 0.29) is 42.9 Å². The van der Waals surface area contributed by atoms with Crippen molar-refractivity contribution in [2.75, 3.05) is 25.0 Å². The van der Waals surface area contributed by atoms with Gasteiger partial charge >= 0.3 is 5.63 Å². The van der Waals surface area contributed by atoms with Crippen molar-refractivity contribution < 1.29 is 14.3 Å². The van der Waals surface area contributed by atoms with Crippen molar-refractivity contribution in [2.24, 2.45) is 0 Å². The highest BCUT2D eigenvalue weighted by molar-refractivity contribution is 6.05. The van der Waals surface area contributed by atoms with Crippen LogP contribution in [0.3, 0.4) is 0 Å². The molecule has 1 atom stereocenters. The number of aliphatic hydroxyl groups is 1. The summed E-state index contributed by atoms with van der Waals surface area (Å²) in [5.74, 6) is 0.275. The van der Waals surface area contributed by atoms with E-state index in [2.05, 4.69) is 15.7 Å². The van der Waals surface area contributed by atoms with E-state index in [1.807, 2.05) is 0 Å². The summed E-state index contributed by atoms with van der Waals surface area (Å²) in [6.45, 7) is 7.37. The number of anilines is 1. The highest BCUT2D eigenvalue weighted by Crippen LogP contribution is 2.24. The zero-order valence-corrected chi connectivity index (χ0v) is 18.4. The number of rotatable bonds is 5. The molecule has 2 aromatic rings. The van der Waals surface area contributed by atoms with Gasteiger partial charge in [-0.25, -0.2) is 4.79 Å². The second kappa shape index (κ2) is 10.8. The van der Waals surface area contributed by atoms with Crippen LogP contribution in [0.5, 0.6) is 0 Å². The Morgan fingerprint density at radius 2 is 2.10 bits per heavy atom. The highest BCUT2D eigenvalue weighted by Gasteiger charge is 2.24. The van der Waals surface area contributed by atoms with Crippen molar-refractivity contribution >= 4 is 36.4 Å². The normalized spacial score (nSPS) is 15.9. The minimum Gasteiger partial charge on any atom is -0.427 e. The number of aliphatic hydroxyl groups excluding tert-OH is 1. The lowest BCUT2D eigenvalue weighted by atomic mass is 9.95. The van der Waals surface area contributed by atoms with Crippen LogP contribution in [-0.2, 0) is 6.54 Å². The van der Waals surface area contributed by atoms with Gasteiger partial charge in [0.25, 0.3) is 5.91 Å². The zero-order valence-electron chi connectivity index (χ0n) is 16.8. The monoisotopic (exact) mass is 446 g/mol. The lowest BCUT2D eigenvalue weighted by molar-refractivity contribution is 0.102. The number of nitrogens with zero attached hydrogens (tertiary/aromatic N) is 2. The number of hydrogen-bond acceptors (Lipinski definition) is 6. The first-order valence-electron chi connectivity index (χ1n) is 9.24. The third-order valence-electron chi connectivity index (χ3n) is 5.03. The molecular formula is C19H28Cl2N4O4. The maximum Gasteiger partial charge on any atom is 0.349 e. The van der Waals surface area contributed by atoms with Gasteiger partial charge in [0.2, 0.25) is 0 Å². The fourth-order valence-electron chi connectivity index (χ4n) is 3.57. The number of carbonyl (C=O) groups excluding carboxylic acids is 1. The van der Waals surface area contributed by atoms with Crippen LogP contribution in [0.25, 0.3) is 0 Å². The molecule has 1 aliphatic rings. The van der Waals surface area contributed by atoms with E-state index in [0.717, 1.165) is 31.6 Å². The van der Waals surface area contributed by atoms with Crippen LogP contribution in [0.4, 0.5) is 5.69 Å². The largest absolute Gasteiger partial charge is 0.427 e. The molecule has 0 saturated carbocycles. The average Bonchev–Trinajstić information content (AvgIpc) is 2.90. The number of aromatic nitrogens is 2. The van der Waals surface area contributed by atoms with Crippen LogP contribution in [0, 0.1) is 20.8 Å². The molecule has 1 fully saturated rings. The molecule has 3 heterocycles. The highest BCUT2D eigenvalue weighted by atomic mass is 35.5. The zero-order chi connectivity index (χ0) is 19.6. The predicted molar refractivity (Wildman–Crippen MR) is 116 cm³/mol. The number of carbonyl (C=O) groups is 1. The molecule has 1 saturated heterocycles. The van der Waals surface area contributed by atoms with E-state index in [1.165, 1.54) is 0 Å². The van der Waals surface area contributed by atoms with E-state index in [9.17, 15) is 9.59 Å². The summed E-state index contributed by atoms with van der Waals surface area (Å²) in [5, 5.41) is 19.5. The van der Waals surface area contributed by atoms with Gasteiger partial charge in [-0.3, -0.25) is 9.48 Å². The van der Waals surface area contributed by atoms with Gasteiger partial charge < -0.3 is 20.2 Å². The Morgan fingerprint density at radius 3 is 2.69 bits per heavy atom. The first-order valence-corrected chi connectivity index (χ1v) is 9.24. The Balaban J connectivity index is 0.00000210. The van der Waals surface area contributed by atoms with Gasteiger partial charge in [-0.2, -0.15) is 5.10 Å². The SMILES string of the molecule is Cc1cc(C2CCCNC2)oc(=O)c1C(=O)Nc1c(C)nn(CCO)c1C.Cl.Cl. The lowest BCUT2D eigenvalue weighted by Crippen LogP contribution is -2.30. The Morgan fingerprint density at radius 1 is 1.38 bits per heavy atom. The molecule has 1 unspecified atom stereocenters. The molecular weight excluding hydrogens is 419 g/mol. The molecule has 0 bridgehead atoms. The summed E-state index contributed by atoms with van der Waals surface area (Å²) in [6.07, 6.45) is 2.00. The molecule has 0 radical (unpaired) electrons. The topological polar surface area (TPSA) is 109 Å². The van der Waals surface area contributed by atoms with Crippen LogP contribution in [-0.4, -0.2) is 40.5 Å². The first-order chi connectivity index (χ1) is 12.9. The maximum absolute atomic E-state index is 12.7. The second-order valence-corrected chi connectivity index (χ2v) is 6.98. The average molecular weight is 447 g/mol. The number of aryl methyl sites for hydroxylation is 2. The van der Waals surface area contributed by atoms with Crippen LogP contribution in [0.2, 0.25) is 0 Å². The van der Waals surface area contributed by atoms with Crippen molar-refractivity contribution in [3.05, 3.63) is 44.8 Å². The lowest BCUT2D eigenvalue weighted by Gasteiger charge is -2.22. The second-order valence-electron chi connectivity index (χ2n) is 6.98. The van der Waals surface area contributed by atoms with Crippen molar-refractivity contribution in [1.82, 2.24) is 15.1 Å². The molecule has 162 valence electrons. The fourth-order valence-corrected chi connectivity index (χ4v) is 3.57. The Bertz CT molecular complexity index is 904. The van der Waals surface area contributed by atoms with Gasteiger partial charge in [0.05, 0.1) is 30.2 Å². The number of piperidine rings is 1. The number of hydrogen-bond donors (Lipinski definition) is 3. The number of amides is 1. The van der Waals surface area contributed by atoms with Gasteiger partial charge in [-0.1, -0.05) is 0 Å². The molecule has 2 aromatic heterocycles. The van der Waals surface area contributed by atoms with Crippen LogP contribution in [0.1, 0.15) is 51.8 Å². The molecule has 3 N–H and O–H groups in total. The van der Waals surface area contributed by atoms with E-state index in [1.54, 1.807) is 31.5 Å². The standard InChI is InChI=1S/C19H26N4O4.2ClH/c1-11-9-15(14-5-4-6-20-10-14)27-19(26)16(11)18(25)21-17-12(2)22-23(7-8-24)13(17)3;;/h9,14,20,24H,4-8,10H2,1-3H3,(H,21,25);2*1H. The summed E-state index contributed by atoms with van der Waals surface area (Å²) < 4.78 is 7.11. The Kier molecular flexibility index (Phi) is 9.35. The minimum atomic E-state index is -0.619. The Labute approximate surface area is 181 Å².